The molecule has 8 heteroatoms. The quantitative estimate of drug-likeness (QED) is 0.314. The number of halogens is 1. The number of carbonyl (C=O) groups is 3. The standard InChI is InChI=1S/C27H20BrN3O3S/c1-16-23(18-11-13-19(28)14-12-18)29-27(35-16)30-24(32)22(15-17-7-3-2-4-8-17)31-25(33)20-9-5-6-10-21(20)26(31)34/h2-14,22H,15H2,1H3,(H,29,30,32). The monoisotopic (exact) mass is 545 g/mol. The Balaban J connectivity index is 1.45. The average molecular weight is 546 g/mol. The van der Waals surface area contributed by atoms with Crippen molar-refractivity contribution in [3.8, 4) is 11.3 Å². The molecule has 4 aromatic rings. The van der Waals surface area contributed by atoms with Crippen LogP contribution in [0.3, 0.4) is 0 Å². The number of nitrogens with one attached hydrogen (secondary N) is 1. The summed E-state index contributed by atoms with van der Waals surface area (Å²) in [6, 6.07) is 22.7. The fourth-order valence-electron chi connectivity index (χ4n) is 4.14. The Kier molecular flexibility index (Phi) is 6.32. The topological polar surface area (TPSA) is 79.4 Å². The highest BCUT2D eigenvalue weighted by molar-refractivity contribution is 9.10. The first kappa shape index (κ1) is 23.1. The molecule has 1 aliphatic rings. The van der Waals surface area contributed by atoms with Gasteiger partial charge in [0.2, 0.25) is 5.91 Å². The molecule has 1 atom stereocenters. The number of anilines is 1. The Morgan fingerprint density at radius 1 is 0.943 bits per heavy atom. The number of hydrogen-bond donors (Lipinski definition) is 1. The number of imide groups is 1. The van der Waals surface area contributed by atoms with E-state index in [9.17, 15) is 14.4 Å². The molecule has 1 unspecified atom stereocenters. The Hall–Kier alpha value is -3.62. The number of benzene rings is 3. The van der Waals surface area contributed by atoms with E-state index in [1.54, 1.807) is 24.3 Å². The second-order valence-electron chi connectivity index (χ2n) is 8.15. The molecule has 6 nitrogen and oxygen atoms in total. The van der Waals surface area contributed by atoms with Crippen molar-refractivity contribution in [1.29, 1.82) is 0 Å². The van der Waals surface area contributed by atoms with E-state index >= 15 is 0 Å². The first-order chi connectivity index (χ1) is 16.9. The predicted molar refractivity (Wildman–Crippen MR) is 139 cm³/mol. The minimum Gasteiger partial charge on any atom is -0.300 e. The van der Waals surface area contributed by atoms with Crippen LogP contribution in [0.4, 0.5) is 5.13 Å². The van der Waals surface area contributed by atoms with Gasteiger partial charge in [-0.2, -0.15) is 0 Å². The zero-order chi connectivity index (χ0) is 24.5. The highest BCUT2D eigenvalue weighted by Gasteiger charge is 2.42. The number of thiazole rings is 1. The lowest BCUT2D eigenvalue weighted by molar-refractivity contribution is -0.119. The van der Waals surface area contributed by atoms with Crippen LogP contribution in [0.25, 0.3) is 11.3 Å². The van der Waals surface area contributed by atoms with Gasteiger partial charge in [0.05, 0.1) is 16.8 Å². The summed E-state index contributed by atoms with van der Waals surface area (Å²) in [6.07, 6.45) is 0.196. The molecule has 5 rings (SSSR count). The first-order valence-electron chi connectivity index (χ1n) is 11.0. The highest BCUT2D eigenvalue weighted by Crippen LogP contribution is 2.32. The van der Waals surface area contributed by atoms with E-state index in [4.69, 9.17) is 0 Å². The second kappa shape index (κ2) is 9.56. The zero-order valence-electron chi connectivity index (χ0n) is 18.7. The Morgan fingerprint density at radius 2 is 1.54 bits per heavy atom. The lowest BCUT2D eigenvalue weighted by atomic mass is 10.0. The third-order valence-electron chi connectivity index (χ3n) is 5.86. The maximum Gasteiger partial charge on any atom is 0.262 e. The summed E-state index contributed by atoms with van der Waals surface area (Å²) in [5.41, 5.74) is 3.17. The third kappa shape index (κ3) is 4.54. The summed E-state index contributed by atoms with van der Waals surface area (Å²) in [7, 11) is 0. The van der Waals surface area contributed by atoms with Crippen LogP contribution in [0.2, 0.25) is 0 Å². The minimum atomic E-state index is -1.02. The summed E-state index contributed by atoms with van der Waals surface area (Å²) in [6.45, 7) is 1.94. The Labute approximate surface area is 214 Å². The van der Waals surface area contributed by atoms with Gasteiger partial charge in [-0.3, -0.25) is 19.3 Å². The summed E-state index contributed by atoms with van der Waals surface area (Å²) in [4.78, 5) is 46.5. The second-order valence-corrected chi connectivity index (χ2v) is 10.3. The Morgan fingerprint density at radius 3 is 2.17 bits per heavy atom. The van der Waals surface area contributed by atoms with E-state index in [0.29, 0.717) is 16.3 Å². The van der Waals surface area contributed by atoms with Gasteiger partial charge in [0.25, 0.3) is 11.8 Å². The smallest absolute Gasteiger partial charge is 0.262 e. The molecule has 0 aliphatic carbocycles. The van der Waals surface area contributed by atoms with E-state index in [1.807, 2.05) is 61.5 Å². The molecule has 2 heterocycles. The molecule has 1 aliphatic heterocycles. The summed E-state index contributed by atoms with van der Waals surface area (Å²) in [5, 5.41) is 3.28. The number of carbonyl (C=O) groups excluding carboxylic acids is 3. The number of fused-ring (bicyclic) bond motifs is 1. The van der Waals surface area contributed by atoms with Crippen LogP contribution in [0.1, 0.15) is 31.2 Å². The highest BCUT2D eigenvalue weighted by atomic mass is 79.9. The van der Waals surface area contributed by atoms with E-state index in [0.717, 1.165) is 31.1 Å². The third-order valence-corrected chi connectivity index (χ3v) is 7.27. The van der Waals surface area contributed by atoms with Crippen molar-refractivity contribution in [2.75, 3.05) is 5.32 Å². The summed E-state index contributed by atoms with van der Waals surface area (Å²) >= 11 is 4.79. The van der Waals surface area contributed by atoms with Crippen molar-refractivity contribution >= 4 is 50.1 Å². The van der Waals surface area contributed by atoms with Crippen LogP contribution in [-0.4, -0.2) is 33.6 Å². The van der Waals surface area contributed by atoms with Gasteiger partial charge in [-0.15, -0.1) is 11.3 Å². The van der Waals surface area contributed by atoms with Crippen molar-refractivity contribution in [2.24, 2.45) is 0 Å². The number of nitrogens with zero attached hydrogens (tertiary/aromatic N) is 2. The van der Waals surface area contributed by atoms with Gasteiger partial charge in [0.15, 0.2) is 5.13 Å². The summed E-state index contributed by atoms with van der Waals surface area (Å²) in [5.74, 6) is -1.39. The number of rotatable bonds is 6. The van der Waals surface area contributed by atoms with Crippen LogP contribution in [0.15, 0.2) is 83.3 Å². The van der Waals surface area contributed by atoms with E-state index in [2.05, 4.69) is 26.2 Å². The van der Waals surface area contributed by atoms with E-state index in [-0.39, 0.29) is 6.42 Å². The van der Waals surface area contributed by atoms with Gasteiger partial charge < -0.3 is 5.32 Å². The summed E-state index contributed by atoms with van der Waals surface area (Å²) < 4.78 is 0.965. The fraction of sp³-hybridized carbons (Fsp3) is 0.111. The fourth-order valence-corrected chi connectivity index (χ4v) is 5.25. The van der Waals surface area contributed by atoms with Crippen LogP contribution < -0.4 is 5.32 Å². The van der Waals surface area contributed by atoms with Crippen molar-refractivity contribution in [3.63, 3.8) is 0 Å². The van der Waals surface area contributed by atoms with Crippen molar-refractivity contribution in [2.45, 2.75) is 19.4 Å². The molecule has 3 aromatic carbocycles. The van der Waals surface area contributed by atoms with Crippen molar-refractivity contribution < 1.29 is 14.4 Å². The molecule has 35 heavy (non-hydrogen) atoms. The largest absolute Gasteiger partial charge is 0.300 e. The molecule has 0 saturated heterocycles. The SMILES string of the molecule is Cc1sc(NC(=O)C(Cc2ccccc2)N2C(=O)c3ccccc3C2=O)nc1-c1ccc(Br)cc1. The van der Waals surface area contributed by atoms with Crippen LogP contribution >= 0.6 is 27.3 Å². The first-order valence-corrected chi connectivity index (χ1v) is 12.6. The molecule has 0 saturated carbocycles. The van der Waals surface area contributed by atoms with Crippen LogP contribution in [-0.2, 0) is 11.2 Å². The van der Waals surface area contributed by atoms with Crippen LogP contribution in [0, 0.1) is 6.92 Å². The molecule has 0 fully saturated rings. The molecule has 0 spiro atoms. The molecule has 1 N–H and O–H groups in total. The lowest BCUT2D eigenvalue weighted by Crippen LogP contribution is -2.48. The van der Waals surface area contributed by atoms with Crippen molar-refractivity contribution in [1.82, 2.24) is 9.88 Å². The molecule has 174 valence electrons. The molecular weight excluding hydrogens is 526 g/mol. The number of aromatic nitrogens is 1. The predicted octanol–water partition coefficient (Wildman–Crippen LogP) is 5.73. The maximum atomic E-state index is 13.6. The zero-order valence-corrected chi connectivity index (χ0v) is 21.1. The van der Waals surface area contributed by atoms with Gasteiger partial charge in [-0.05, 0) is 36.8 Å². The van der Waals surface area contributed by atoms with Gasteiger partial charge in [0.1, 0.15) is 6.04 Å². The van der Waals surface area contributed by atoms with E-state index < -0.39 is 23.8 Å². The molecular formula is C27H20BrN3O3S. The molecule has 0 radical (unpaired) electrons. The van der Waals surface area contributed by atoms with Gasteiger partial charge in [0, 0.05) is 21.3 Å². The van der Waals surface area contributed by atoms with Crippen molar-refractivity contribution in [3.05, 3.63) is 105 Å². The maximum absolute atomic E-state index is 13.6. The molecule has 0 bridgehead atoms. The van der Waals surface area contributed by atoms with Crippen LogP contribution in [0.5, 0.6) is 0 Å². The molecule has 3 amide bonds. The number of hydrogen-bond acceptors (Lipinski definition) is 5. The van der Waals surface area contributed by atoms with E-state index in [1.165, 1.54) is 11.3 Å². The molecule has 1 aromatic heterocycles. The van der Waals surface area contributed by atoms with Gasteiger partial charge >= 0.3 is 0 Å². The van der Waals surface area contributed by atoms with Gasteiger partial charge in [-0.25, -0.2) is 4.98 Å². The number of aryl methyl sites for hydroxylation is 1. The normalized spacial score (nSPS) is 13.6. The number of amides is 3. The average Bonchev–Trinajstić information content (AvgIpc) is 3.35. The lowest BCUT2D eigenvalue weighted by Gasteiger charge is -2.25. The Bertz CT molecular complexity index is 1400. The van der Waals surface area contributed by atoms with Gasteiger partial charge in [-0.1, -0.05) is 70.5 Å². The minimum absolute atomic E-state index is 0.196.